The summed E-state index contributed by atoms with van der Waals surface area (Å²) in [4.78, 5) is 11.0. The summed E-state index contributed by atoms with van der Waals surface area (Å²) in [6, 6.07) is 7.25. The normalized spacial score (nSPS) is 10.3. The maximum atomic E-state index is 11.0. The third-order valence-corrected chi connectivity index (χ3v) is 2.58. The summed E-state index contributed by atoms with van der Waals surface area (Å²) in [7, 11) is 1.60. The van der Waals surface area contributed by atoms with Crippen molar-refractivity contribution in [2.24, 2.45) is 0 Å². The molecule has 0 radical (unpaired) electrons. The van der Waals surface area contributed by atoms with E-state index < -0.39 is 5.24 Å². The van der Waals surface area contributed by atoms with Crippen LogP contribution in [0.15, 0.2) is 24.3 Å². The monoisotopic (exact) mass is 251 g/mol. The van der Waals surface area contributed by atoms with E-state index in [1.54, 1.807) is 30.8 Å². The van der Waals surface area contributed by atoms with E-state index in [9.17, 15) is 4.79 Å². The molecule has 88 valence electrons. The zero-order chi connectivity index (χ0) is 12.4. The lowest BCUT2D eigenvalue weighted by molar-refractivity contribution is 0.107. The van der Waals surface area contributed by atoms with Crippen molar-refractivity contribution in [1.29, 1.82) is 0 Å². The molecular weight excluding hydrogens is 242 g/mol. The van der Waals surface area contributed by atoms with Crippen LogP contribution in [0.5, 0.6) is 5.75 Å². The molecule has 6 heteroatoms. The van der Waals surface area contributed by atoms with Gasteiger partial charge in [0.2, 0.25) is 0 Å². The Balaban J connectivity index is 2.42. The predicted octanol–water partition coefficient (Wildman–Crippen LogP) is 1.96. The van der Waals surface area contributed by atoms with Crippen LogP contribution in [0.4, 0.5) is 0 Å². The molecule has 2 rings (SSSR count). The molecule has 0 bridgehead atoms. The lowest BCUT2D eigenvalue weighted by Crippen LogP contribution is -2.00. The molecule has 0 saturated heterocycles. The molecule has 0 aliphatic rings. The molecule has 0 atom stereocenters. The molecule has 2 aromatic rings. The van der Waals surface area contributed by atoms with Crippen molar-refractivity contribution in [3.05, 3.63) is 35.7 Å². The number of methoxy groups -OCH3 is 1. The van der Waals surface area contributed by atoms with Crippen LogP contribution in [0.3, 0.4) is 0 Å². The van der Waals surface area contributed by atoms with Crippen molar-refractivity contribution in [3.8, 4) is 11.4 Å². The zero-order valence-electron chi connectivity index (χ0n) is 9.35. The summed E-state index contributed by atoms with van der Waals surface area (Å²) >= 11 is 5.38. The molecule has 0 N–H and O–H groups in total. The molecule has 17 heavy (non-hydrogen) atoms. The Morgan fingerprint density at radius 1 is 1.35 bits per heavy atom. The van der Waals surface area contributed by atoms with Gasteiger partial charge in [0.15, 0.2) is 5.69 Å². The van der Waals surface area contributed by atoms with Gasteiger partial charge >= 0.3 is 0 Å². The molecule has 0 spiro atoms. The van der Waals surface area contributed by atoms with Gasteiger partial charge in [-0.2, -0.15) is 0 Å². The Bertz CT molecular complexity index is 548. The fourth-order valence-electron chi connectivity index (χ4n) is 1.48. The smallest absolute Gasteiger partial charge is 0.274 e. The number of hydrogen-bond donors (Lipinski definition) is 0. The van der Waals surface area contributed by atoms with Crippen molar-refractivity contribution >= 4 is 16.8 Å². The third-order valence-electron chi connectivity index (χ3n) is 2.40. The molecule has 0 saturated carbocycles. The van der Waals surface area contributed by atoms with Crippen LogP contribution in [-0.2, 0) is 0 Å². The van der Waals surface area contributed by atoms with Crippen LogP contribution in [0, 0.1) is 6.92 Å². The minimum absolute atomic E-state index is 0.169. The number of hydrogen-bond acceptors (Lipinski definition) is 4. The number of ether oxygens (including phenoxy) is 1. The van der Waals surface area contributed by atoms with E-state index in [4.69, 9.17) is 16.3 Å². The SMILES string of the molecule is COc1ccc(-n2nnc(C(=O)Cl)c2C)cc1. The molecule has 0 aliphatic heterocycles. The minimum Gasteiger partial charge on any atom is -0.497 e. The van der Waals surface area contributed by atoms with Crippen LogP contribution in [0.2, 0.25) is 0 Å². The average Bonchev–Trinajstić information content (AvgIpc) is 2.71. The van der Waals surface area contributed by atoms with E-state index >= 15 is 0 Å². The van der Waals surface area contributed by atoms with Gasteiger partial charge in [-0.1, -0.05) is 5.21 Å². The Morgan fingerprint density at radius 2 is 2.00 bits per heavy atom. The van der Waals surface area contributed by atoms with Crippen LogP contribution in [0.1, 0.15) is 16.2 Å². The van der Waals surface area contributed by atoms with Crippen LogP contribution in [-0.4, -0.2) is 27.3 Å². The highest BCUT2D eigenvalue weighted by atomic mass is 35.5. The molecule has 0 fully saturated rings. The summed E-state index contributed by atoms with van der Waals surface area (Å²) in [5.41, 5.74) is 1.57. The van der Waals surface area contributed by atoms with E-state index in [-0.39, 0.29) is 5.69 Å². The number of rotatable bonds is 3. The second-order valence-electron chi connectivity index (χ2n) is 3.41. The van der Waals surface area contributed by atoms with Gasteiger partial charge in [0, 0.05) is 0 Å². The minimum atomic E-state index is -0.609. The highest BCUT2D eigenvalue weighted by molar-refractivity contribution is 6.67. The number of benzene rings is 1. The summed E-state index contributed by atoms with van der Waals surface area (Å²) in [5.74, 6) is 0.750. The molecule has 0 amide bonds. The summed E-state index contributed by atoms with van der Waals surface area (Å²) in [6.07, 6.45) is 0. The zero-order valence-corrected chi connectivity index (χ0v) is 10.1. The number of nitrogens with zero attached hydrogens (tertiary/aromatic N) is 3. The first-order chi connectivity index (χ1) is 8.13. The fraction of sp³-hybridized carbons (Fsp3) is 0.182. The highest BCUT2D eigenvalue weighted by Gasteiger charge is 2.14. The second-order valence-corrected chi connectivity index (χ2v) is 3.75. The van der Waals surface area contributed by atoms with E-state index in [1.807, 2.05) is 12.1 Å². The first-order valence-electron chi connectivity index (χ1n) is 4.90. The van der Waals surface area contributed by atoms with E-state index in [1.165, 1.54) is 0 Å². The molecule has 1 aromatic heterocycles. The van der Waals surface area contributed by atoms with Crippen LogP contribution in [0.25, 0.3) is 5.69 Å². The second kappa shape index (κ2) is 4.55. The van der Waals surface area contributed by atoms with Gasteiger partial charge in [-0.15, -0.1) is 5.10 Å². The van der Waals surface area contributed by atoms with Gasteiger partial charge in [0.1, 0.15) is 5.75 Å². The van der Waals surface area contributed by atoms with Crippen molar-refractivity contribution in [2.75, 3.05) is 7.11 Å². The lowest BCUT2D eigenvalue weighted by atomic mass is 10.3. The average molecular weight is 252 g/mol. The van der Waals surface area contributed by atoms with E-state index in [2.05, 4.69) is 10.3 Å². The van der Waals surface area contributed by atoms with Crippen LogP contribution >= 0.6 is 11.6 Å². The molecule has 0 aliphatic carbocycles. The van der Waals surface area contributed by atoms with E-state index in [0.29, 0.717) is 5.69 Å². The highest BCUT2D eigenvalue weighted by Crippen LogP contribution is 2.17. The van der Waals surface area contributed by atoms with Gasteiger partial charge in [0.25, 0.3) is 5.24 Å². The maximum absolute atomic E-state index is 11.0. The van der Waals surface area contributed by atoms with Gasteiger partial charge in [-0.3, -0.25) is 4.79 Å². The van der Waals surface area contributed by atoms with Crippen molar-refractivity contribution < 1.29 is 9.53 Å². The molecule has 1 aromatic carbocycles. The quantitative estimate of drug-likeness (QED) is 0.783. The van der Waals surface area contributed by atoms with Crippen molar-refractivity contribution in [3.63, 3.8) is 0 Å². The molecule has 5 nitrogen and oxygen atoms in total. The van der Waals surface area contributed by atoms with Gasteiger partial charge < -0.3 is 4.74 Å². The fourth-order valence-corrected chi connectivity index (χ4v) is 1.65. The first-order valence-corrected chi connectivity index (χ1v) is 5.28. The summed E-state index contributed by atoms with van der Waals surface area (Å²) in [6.45, 7) is 1.74. The summed E-state index contributed by atoms with van der Waals surface area (Å²) < 4.78 is 6.61. The number of carbonyl (C=O) groups is 1. The topological polar surface area (TPSA) is 57.0 Å². The lowest BCUT2D eigenvalue weighted by Gasteiger charge is -2.04. The van der Waals surface area contributed by atoms with Gasteiger partial charge in [-0.05, 0) is 42.8 Å². The third kappa shape index (κ3) is 2.14. The molecule has 0 unspecified atom stereocenters. The standard InChI is InChI=1S/C11H10ClN3O2/c1-7-10(11(12)16)13-14-15(7)8-3-5-9(17-2)6-4-8/h3-6H,1-2H3. The Labute approximate surface area is 103 Å². The molecular formula is C11H10ClN3O2. The summed E-state index contributed by atoms with van der Waals surface area (Å²) in [5, 5.41) is 7.01. The van der Waals surface area contributed by atoms with Gasteiger partial charge in [-0.25, -0.2) is 4.68 Å². The largest absolute Gasteiger partial charge is 0.497 e. The van der Waals surface area contributed by atoms with Crippen molar-refractivity contribution in [2.45, 2.75) is 6.92 Å². The Morgan fingerprint density at radius 3 is 2.47 bits per heavy atom. The molecule has 1 heterocycles. The van der Waals surface area contributed by atoms with Gasteiger partial charge in [0.05, 0.1) is 18.5 Å². The number of halogens is 1. The van der Waals surface area contributed by atoms with E-state index in [0.717, 1.165) is 11.4 Å². The number of aromatic nitrogens is 3. The predicted molar refractivity (Wildman–Crippen MR) is 62.8 cm³/mol. The maximum Gasteiger partial charge on any atom is 0.274 e. The Kier molecular flexibility index (Phi) is 3.10. The Hall–Kier alpha value is -1.88. The first kappa shape index (κ1) is 11.6. The number of carbonyl (C=O) groups excluding carboxylic acids is 1. The van der Waals surface area contributed by atoms with Crippen LogP contribution < -0.4 is 4.74 Å². The van der Waals surface area contributed by atoms with Crippen molar-refractivity contribution in [1.82, 2.24) is 15.0 Å².